The van der Waals surface area contributed by atoms with Crippen molar-refractivity contribution in [3.05, 3.63) is 41.8 Å². The van der Waals surface area contributed by atoms with Crippen LogP contribution < -0.4 is 4.74 Å². The molecule has 1 aliphatic heterocycles. The van der Waals surface area contributed by atoms with Crippen molar-refractivity contribution in [2.24, 2.45) is 0 Å². The van der Waals surface area contributed by atoms with E-state index in [1.165, 1.54) is 0 Å². The molecule has 0 saturated carbocycles. The van der Waals surface area contributed by atoms with Crippen LogP contribution in [0.3, 0.4) is 0 Å². The Morgan fingerprint density at radius 1 is 1.41 bits per heavy atom. The molecule has 0 aliphatic carbocycles. The zero-order chi connectivity index (χ0) is 16.3. The van der Waals surface area contributed by atoms with Crippen LogP contribution in [0.25, 0.3) is 0 Å². The van der Waals surface area contributed by atoms with Crippen LogP contribution >= 0.6 is 0 Å². The summed E-state index contributed by atoms with van der Waals surface area (Å²) in [6.45, 7) is 5.89. The number of carbonyl (C=O) groups is 1. The van der Waals surface area contributed by atoms with E-state index in [4.69, 9.17) is 14.2 Å². The first kappa shape index (κ1) is 16.4. The Labute approximate surface area is 131 Å². The molecule has 0 bridgehead atoms. The zero-order valence-electron chi connectivity index (χ0n) is 13.8. The van der Waals surface area contributed by atoms with Crippen molar-refractivity contribution in [2.75, 3.05) is 20.8 Å². The van der Waals surface area contributed by atoms with Crippen molar-refractivity contribution in [2.45, 2.75) is 32.5 Å². The standard InChI is InChI=1S/C17H23NO4/c1-12(13-7-6-8-15(9-13)20-5)16(19)18(4)14-10-21-17(2,3)22-11-14/h6-10,12H,11H2,1-5H3. The monoisotopic (exact) mass is 305 g/mol. The van der Waals surface area contributed by atoms with Crippen LogP contribution in [0.15, 0.2) is 36.2 Å². The first-order chi connectivity index (χ1) is 10.3. The molecule has 0 saturated heterocycles. The molecule has 1 unspecified atom stereocenters. The lowest BCUT2D eigenvalue weighted by Gasteiger charge is -2.33. The molecule has 0 N–H and O–H groups in total. The number of rotatable bonds is 4. The minimum absolute atomic E-state index is 0.0218. The van der Waals surface area contributed by atoms with Crippen LogP contribution in [-0.2, 0) is 14.3 Å². The first-order valence-electron chi connectivity index (χ1n) is 7.26. The van der Waals surface area contributed by atoms with Crippen molar-refractivity contribution in [1.29, 1.82) is 0 Å². The second-order valence-electron chi connectivity index (χ2n) is 5.81. The lowest BCUT2D eigenvalue weighted by Crippen LogP contribution is -2.38. The Balaban J connectivity index is 2.11. The van der Waals surface area contributed by atoms with Crippen LogP contribution in [-0.4, -0.2) is 37.4 Å². The fourth-order valence-corrected chi connectivity index (χ4v) is 2.19. The molecule has 0 spiro atoms. The summed E-state index contributed by atoms with van der Waals surface area (Å²) in [5.74, 6) is -0.210. The molecular weight excluding hydrogens is 282 g/mol. The van der Waals surface area contributed by atoms with Crippen LogP contribution in [0.2, 0.25) is 0 Å². The lowest BCUT2D eigenvalue weighted by molar-refractivity contribution is -0.194. The van der Waals surface area contributed by atoms with E-state index in [-0.39, 0.29) is 11.8 Å². The van der Waals surface area contributed by atoms with Gasteiger partial charge in [-0.3, -0.25) is 4.79 Å². The molecule has 0 aromatic heterocycles. The molecule has 5 heteroatoms. The molecule has 120 valence electrons. The Morgan fingerprint density at radius 3 is 2.73 bits per heavy atom. The van der Waals surface area contributed by atoms with Gasteiger partial charge >= 0.3 is 0 Å². The molecule has 5 nitrogen and oxygen atoms in total. The van der Waals surface area contributed by atoms with Crippen molar-refractivity contribution < 1.29 is 19.0 Å². The number of amides is 1. The number of nitrogens with zero attached hydrogens (tertiary/aromatic N) is 1. The molecule has 22 heavy (non-hydrogen) atoms. The predicted octanol–water partition coefficient (Wildman–Crippen LogP) is 2.88. The average molecular weight is 305 g/mol. The summed E-state index contributed by atoms with van der Waals surface area (Å²) in [4.78, 5) is 14.2. The number of carbonyl (C=O) groups excluding carboxylic acids is 1. The molecule has 1 aromatic rings. The fraction of sp³-hybridized carbons (Fsp3) is 0.471. The Bertz CT molecular complexity index is 580. The number of hydrogen-bond donors (Lipinski definition) is 0. The predicted molar refractivity (Wildman–Crippen MR) is 83.4 cm³/mol. The minimum atomic E-state index is -0.647. The third-order valence-electron chi connectivity index (χ3n) is 3.77. The summed E-state index contributed by atoms with van der Waals surface area (Å²) in [6, 6.07) is 7.54. The second kappa shape index (κ2) is 6.40. The van der Waals surface area contributed by atoms with Crippen molar-refractivity contribution in [3.63, 3.8) is 0 Å². The summed E-state index contributed by atoms with van der Waals surface area (Å²) in [5, 5.41) is 0. The van der Waals surface area contributed by atoms with Gasteiger partial charge in [0.1, 0.15) is 12.0 Å². The van der Waals surface area contributed by atoms with Gasteiger partial charge in [0.25, 0.3) is 0 Å². The number of methoxy groups -OCH3 is 1. The maximum atomic E-state index is 12.6. The average Bonchev–Trinajstić information content (AvgIpc) is 2.53. The van der Waals surface area contributed by atoms with E-state index in [1.807, 2.05) is 45.0 Å². The van der Waals surface area contributed by atoms with Gasteiger partial charge in [-0.2, -0.15) is 0 Å². The highest BCUT2D eigenvalue weighted by Crippen LogP contribution is 2.26. The van der Waals surface area contributed by atoms with E-state index in [2.05, 4.69) is 0 Å². The van der Waals surface area contributed by atoms with Gasteiger partial charge in [-0.15, -0.1) is 0 Å². The molecule has 2 rings (SSSR count). The van der Waals surface area contributed by atoms with Gasteiger partial charge in [0.05, 0.1) is 25.3 Å². The molecule has 0 fully saturated rings. The lowest BCUT2D eigenvalue weighted by atomic mass is 9.99. The van der Waals surface area contributed by atoms with Crippen molar-refractivity contribution in [1.82, 2.24) is 4.90 Å². The van der Waals surface area contributed by atoms with Gasteiger partial charge in [0.2, 0.25) is 11.7 Å². The highest BCUT2D eigenvalue weighted by molar-refractivity contribution is 5.84. The van der Waals surface area contributed by atoms with Gasteiger partial charge in [0, 0.05) is 20.9 Å². The largest absolute Gasteiger partial charge is 0.497 e. The number of benzene rings is 1. The third-order valence-corrected chi connectivity index (χ3v) is 3.77. The Morgan fingerprint density at radius 2 is 2.14 bits per heavy atom. The molecule has 1 amide bonds. The van der Waals surface area contributed by atoms with E-state index in [0.717, 1.165) is 11.3 Å². The van der Waals surface area contributed by atoms with E-state index >= 15 is 0 Å². The second-order valence-corrected chi connectivity index (χ2v) is 5.81. The number of ether oxygens (including phenoxy) is 3. The smallest absolute Gasteiger partial charge is 0.233 e. The summed E-state index contributed by atoms with van der Waals surface area (Å²) < 4.78 is 16.2. The van der Waals surface area contributed by atoms with Gasteiger partial charge < -0.3 is 19.1 Å². The summed E-state index contributed by atoms with van der Waals surface area (Å²) in [7, 11) is 3.34. The SMILES string of the molecule is COc1cccc(C(C)C(=O)N(C)C2=COC(C)(C)OC2)c1. The Kier molecular flexibility index (Phi) is 4.76. The quantitative estimate of drug-likeness (QED) is 0.858. The molecule has 1 aliphatic rings. The first-order valence-corrected chi connectivity index (χ1v) is 7.26. The van der Waals surface area contributed by atoms with Gasteiger partial charge in [-0.25, -0.2) is 0 Å². The molecule has 1 atom stereocenters. The molecule has 1 heterocycles. The van der Waals surface area contributed by atoms with Crippen LogP contribution in [0, 0.1) is 0 Å². The van der Waals surface area contributed by atoms with E-state index in [1.54, 1.807) is 25.3 Å². The van der Waals surface area contributed by atoms with Gasteiger partial charge in [-0.1, -0.05) is 12.1 Å². The molecule has 1 aromatic carbocycles. The number of hydrogen-bond acceptors (Lipinski definition) is 4. The highest BCUT2D eigenvalue weighted by Gasteiger charge is 2.28. The fourth-order valence-electron chi connectivity index (χ4n) is 2.19. The highest BCUT2D eigenvalue weighted by atomic mass is 16.7. The molecule has 0 radical (unpaired) electrons. The zero-order valence-corrected chi connectivity index (χ0v) is 13.8. The third kappa shape index (κ3) is 3.60. The van der Waals surface area contributed by atoms with Gasteiger partial charge in [-0.05, 0) is 24.6 Å². The normalized spacial score (nSPS) is 18.0. The summed E-state index contributed by atoms with van der Waals surface area (Å²) in [6.07, 6.45) is 1.60. The minimum Gasteiger partial charge on any atom is -0.497 e. The van der Waals surface area contributed by atoms with Gasteiger partial charge in [0.15, 0.2) is 0 Å². The summed E-state index contributed by atoms with van der Waals surface area (Å²) in [5.41, 5.74) is 1.62. The summed E-state index contributed by atoms with van der Waals surface area (Å²) >= 11 is 0. The topological polar surface area (TPSA) is 48.0 Å². The maximum absolute atomic E-state index is 12.6. The van der Waals surface area contributed by atoms with Crippen LogP contribution in [0.5, 0.6) is 5.75 Å². The van der Waals surface area contributed by atoms with E-state index < -0.39 is 5.79 Å². The van der Waals surface area contributed by atoms with E-state index in [0.29, 0.717) is 12.3 Å². The number of likely N-dealkylation sites (N-methyl/N-ethyl adjacent to an activating group) is 1. The van der Waals surface area contributed by atoms with Crippen LogP contribution in [0.4, 0.5) is 0 Å². The van der Waals surface area contributed by atoms with Crippen molar-refractivity contribution >= 4 is 5.91 Å². The molecular formula is C17H23NO4. The van der Waals surface area contributed by atoms with Crippen LogP contribution in [0.1, 0.15) is 32.3 Å². The van der Waals surface area contributed by atoms with Crippen molar-refractivity contribution in [3.8, 4) is 5.75 Å². The maximum Gasteiger partial charge on any atom is 0.233 e. The van der Waals surface area contributed by atoms with E-state index in [9.17, 15) is 4.79 Å². The Hall–Kier alpha value is -2.01.